The molecule has 144 valence electrons. The van der Waals surface area contributed by atoms with Gasteiger partial charge in [0.1, 0.15) is 5.39 Å². The van der Waals surface area contributed by atoms with Crippen molar-refractivity contribution in [2.75, 3.05) is 19.0 Å². The molecule has 26 heavy (non-hydrogen) atoms. The molecule has 2 rings (SSSR count). The second-order valence-electron chi connectivity index (χ2n) is 6.01. The second-order valence-corrected chi connectivity index (χ2v) is 6.01. The van der Waals surface area contributed by atoms with Crippen molar-refractivity contribution < 1.29 is 9.53 Å². The molecule has 0 aliphatic carbocycles. The summed E-state index contributed by atoms with van der Waals surface area (Å²) in [4.78, 5) is 38.0. The molecule has 2 aromatic heterocycles. The average Bonchev–Trinajstić information content (AvgIpc) is 3.01. The lowest BCUT2D eigenvalue weighted by molar-refractivity contribution is 0.151. The van der Waals surface area contributed by atoms with E-state index in [1.807, 2.05) is 13.8 Å². The zero-order valence-corrected chi connectivity index (χ0v) is 15.9. The first-order chi connectivity index (χ1) is 12.5. The van der Waals surface area contributed by atoms with E-state index in [2.05, 4.69) is 10.4 Å². The third-order valence-corrected chi connectivity index (χ3v) is 4.19. The molecule has 0 saturated carbocycles. The van der Waals surface area contributed by atoms with E-state index in [1.165, 1.54) is 9.13 Å². The maximum atomic E-state index is 13.0. The molecule has 0 bridgehead atoms. The minimum atomic E-state index is -0.693. The third-order valence-electron chi connectivity index (χ3n) is 4.19. The van der Waals surface area contributed by atoms with E-state index < -0.39 is 11.7 Å². The van der Waals surface area contributed by atoms with Crippen LogP contribution in [0.4, 0.5) is 10.6 Å². The quantitative estimate of drug-likeness (QED) is 0.768. The van der Waals surface area contributed by atoms with Crippen molar-refractivity contribution in [3.63, 3.8) is 0 Å². The van der Waals surface area contributed by atoms with E-state index in [0.717, 1.165) is 30.4 Å². The minimum Gasteiger partial charge on any atom is -0.448 e. The highest BCUT2D eigenvalue weighted by Crippen LogP contribution is 2.19. The summed E-state index contributed by atoms with van der Waals surface area (Å²) < 4.78 is 8.74. The summed E-state index contributed by atoms with van der Waals surface area (Å²) in [7, 11) is 1.60. The summed E-state index contributed by atoms with van der Waals surface area (Å²) in [5.74, 6) is 0.235. The lowest BCUT2D eigenvalue weighted by Crippen LogP contribution is -2.40. The Kier molecular flexibility index (Phi) is 6.59. The number of carbonyl (C=O) groups is 1. The largest absolute Gasteiger partial charge is 0.448 e. The number of fused-ring (bicyclic) bond motifs is 1. The molecular formula is C17H27N5O4. The molecule has 0 saturated heterocycles. The van der Waals surface area contributed by atoms with E-state index in [0.29, 0.717) is 13.1 Å². The van der Waals surface area contributed by atoms with E-state index in [9.17, 15) is 14.4 Å². The number of ether oxygens (including phenoxy) is 1. The summed E-state index contributed by atoms with van der Waals surface area (Å²) in [5.41, 5.74) is -0.620. The smallest absolute Gasteiger partial charge is 0.436 e. The SMILES string of the molecule is CCCCn1c(=O)c2c(NC)n(C(=O)OCC)nc2n(CCCC)c1=O. The first kappa shape index (κ1) is 19.7. The van der Waals surface area contributed by atoms with E-state index in [-0.39, 0.29) is 29.1 Å². The third kappa shape index (κ3) is 3.51. The van der Waals surface area contributed by atoms with Crippen LogP contribution >= 0.6 is 0 Å². The molecule has 9 heteroatoms. The maximum Gasteiger partial charge on any atom is 0.436 e. The van der Waals surface area contributed by atoms with Crippen LogP contribution < -0.4 is 16.6 Å². The number of hydrogen-bond acceptors (Lipinski definition) is 6. The number of aromatic nitrogens is 4. The van der Waals surface area contributed by atoms with Gasteiger partial charge in [-0.25, -0.2) is 9.59 Å². The molecule has 0 radical (unpaired) electrons. The molecule has 0 aliphatic rings. The summed E-state index contributed by atoms with van der Waals surface area (Å²) in [6.07, 6.45) is 2.54. The lowest BCUT2D eigenvalue weighted by atomic mass is 10.3. The van der Waals surface area contributed by atoms with Crippen molar-refractivity contribution >= 4 is 22.9 Å². The zero-order chi connectivity index (χ0) is 19.3. The lowest BCUT2D eigenvalue weighted by Gasteiger charge is -2.11. The van der Waals surface area contributed by atoms with Gasteiger partial charge in [-0.05, 0) is 19.8 Å². The van der Waals surface area contributed by atoms with Crippen molar-refractivity contribution in [2.45, 2.75) is 59.5 Å². The number of nitrogens with one attached hydrogen (secondary N) is 1. The molecule has 0 fully saturated rings. The van der Waals surface area contributed by atoms with Crippen molar-refractivity contribution in [3.05, 3.63) is 20.8 Å². The predicted octanol–water partition coefficient (Wildman–Crippen LogP) is 2.01. The first-order valence-corrected chi connectivity index (χ1v) is 9.12. The monoisotopic (exact) mass is 365 g/mol. The molecular weight excluding hydrogens is 338 g/mol. The Morgan fingerprint density at radius 3 is 2.23 bits per heavy atom. The molecule has 0 amide bonds. The Balaban J connectivity index is 2.83. The standard InChI is InChI=1S/C17H27N5O4/c1-5-8-10-20-14-12(15(23)21(16(20)24)11-9-6-2)13(18-4)22(19-14)17(25)26-7-3/h18H,5-11H2,1-4H3. The average molecular weight is 365 g/mol. The van der Waals surface area contributed by atoms with Gasteiger partial charge in [-0.1, -0.05) is 26.7 Å². The molecule has 0 aliphatic heterocycles. The first-order valence-electron chi connectivity index (χ1n) is 9.12. The molecule has 9 nitrogen and oxygen atoms in total. The van der Waals surface area contributed by atoms with Gasteiger partial charge in [0, 0.05) is 20.1 Å². The number of anilines is 1. The number of unbranched alkanes of at least 4 members (excludes halogenated alkanes) is 2. The molecule has 0 atom stereocenters. The van der Waals surface area contributed by atoms with Crippen LogP contribution in [-0.2, 0) is 17.8 Å². The summed E-state index contributed by atoms with van der Waals surface area (Å²) in [6, 6.07) is 0. The Bertz CT molecular complexity index is 893. The minimum absolute atomic E-state index is 0.182. The number of hydrogen-bond donors (Lipinski definition) is 1. The zero-order valence-electron chi connectivity index (χ0n) is 15.9. The number of aryl methyl sites for hydroxylation is 1. The highest BCUT2D eigenvalue weighted by molar-refractivity contribution is 5.92. The summed E-state index contributed by atoms with van der Waals surface area (Å²) in [6.45, 7) is 6.66. The highest BCUT2D eigenvalue weighted by atomic mass is 16.6. The molecule has 0 aromatic carbocycles. The molecule has 0 spiro atoms. The van der Waals surface area contributed by atoms with Gasteiger partial charge < -0.3 is 10.1 Å². The van der Waals surface area contributed by atoms with Crippen molar-refractivity contribution in [2.24, 2.45) is 0 Å². The maximum absolute atomic E-state index is 13.0. The van der Waals surface area contributed by atoms with Crippen LogP contribution in [-0.4, -0.2) is 38.7 Å². The van der Waals surface area contributed by atoms with Gasteiger partial charge >= 0.3 is 11.8 Å². The fourth-order valence-corrected chi connectivity index (χ4v) is 2.83. The summed E-state index contributed by atoms with van der Waals surface area (Å²) in [5, 5.41) is 7.31. The number of carbonyl (C=O) groups excluding carboxylic acids is 1. The van der Waals surface area contributed by atoms with Gasteiger partial charge in [-0.2, -0.15) is 0 Å². The van der Waals surface area contributed by atoms with Crippen molar-refractivity contribution in [3.8, 4) is 0 Å². The molecule has 2 aromatic rings. The van der Waals surface area contributed by atoms with E-state index >= 15 is 0 Å². The number of nitrogens with zero attached hydrogens (tertiary/aromatic N) is 4. The number of rotatable bonds is 8. The van der Waals surface area contributed by atoms with Gasteiger partial charge in [0.15, 0.2) is 11.5 Å². The van der Waals surface area contributed by atoms with Crippen LogP contribution in [0.5, 0.6) is 0 Å². The van der Waals surface area contributed by atoms with Crippen molar-refractivity contribution in [1.82, 2.24) is 18.9 Å². The van der Waals surface area contributed by atoms with E-state index in [4.69, 9.17) is 4.74 Å². The fourth-order valence-electron chi connectivity index (χ4n) is 2.83. The van der Waals surface area contributed by atoms with Crippen LogP contribution in [0, 0.1) is 0 Å². The Hall–Kier alpha value is -2.58. The topological polar surface area (TPSA) is 100 Å². The Labute approximate surface area is 151 Å². The van der Waals surface area contributed by atoms with E-state index in [1.54, 1.807) is 14.0 Å². The fraction of sp³-hybridized carbons (Fsp3) is 0.647. The predicted molar refractivity (Wildman–Crippen MR) is 100 cm³/mol. The van der Waals surface area contributed by atoms with Crippen LogP contribution in [0.3, 0.4) is 0 Å². The Morgan fingerprint density at radius 2 is 1.69 bits per heavy atom. The van der Waals surface area contributed by atoms with Gasteiger partial charge in [0.05, 0.1) is 6.61 Å². The van der Waals surface area contributed by atoms with Gasteiger partial charge in [-0.15, -0.1) is 9.78 Å². The highest BCUT2D eigenvalue weighted by Gasteiger charge is 2.24. The van der Waals surface area contributed by atoms with Crippen molar-refractivity contribution in [1.29, 1.82) is 0 Å². The molecule has 2 heterocycles. The normalized spacial score (nSPS) is 11.1. The van der Waals surface area contributed by atoms with Gasteiger partial charge in [0.25, 0.3) is 5.56 Å². The molecule has 0 unspecified atom stereocenters. The Morgan fingerprint density at radius 1 is 1.08 bits per heavy atom. The second kappa shape index (κ2) is 8.68. The van der Waals surface area contributed by atoms with Gasteiger partial charge in [0.2, 0.25) is 0 Å². The van der Waals surface area contributed by atoms with Crippen LogP contribution in [0.1, 0.15) is 46.5 Å². The summed E-state index contributed by atoms with van der Waals surface area (Å²) >= 11 is 0. The van der Waals surface area contributed by atoms with Gasteiger partial charge in [-0.3, -0.25) is 13.9 Å². The molecule has 1 N–H and O–H groups in total. The van der Waals surface area contributed by atoms with Crippen LogP contribution in [0.15, 0.2) is 9.59 Å². The van der Waals surface area contributed by atoms with Crippen LogP contribution in [0.2, 0.25) is 0 Å². The van der Waals surface area contributed by atoms with Crippen LogP contribution in [0.25, 0.3) is 11.0 Å².